The molecule has 0 aliphatic carbocycles. The highest BCUT2D eigenvalue weighted by molar-refractivity contribution is 9.10. The van der Waals surface area contributed by atoms with E-state index in [-0.39, 0.29) is 31.3 Å². The molecule has 150 valence electrons. The van der Waals surface area contributed by atoms with E-state index in [9.17, 15) is 13.2 Å². The average molecular weight is 470 g/mol. The van der Waals surface area contributed by atoms with Crippen molar-refractivity contribution in [3.8, 4) is 0 Å². The van der Waals surface area contributed by atoms with E-state index in [2.05, 4.69) is 15.9 Å². The van der Waals surface area contributed by atoms with Crippen LogP contribution in [0.4, 0.5) is 4.79 Å². The summed E-state index contributed by atoms with van der Waals surface area (Å²) in [7, 11) is -3.90. The number of benzene rings is 2. The van der Waals surface area contributed by atoms with E-state index in [1.54, 1.807) is 12.1 Å². The molecule has 1 saturated heterocycles. The van der Waals surface area contributed by atoms with Gasteiger partial charge in [0.1, 0.15) is 12.7 Å². The highest BCUT2D eigenvalue weighted by atomic mass is 79.9. The van der Waals surface area contributed by atoms with Crippen molar-refractivity contribution in [2.75, 3.05) is 26.3 Å². The number of carbonyl (C=O) groups excluding carboxylic acids is 1. The van der Waals surface area contributed by atoms with Crippen LogP contribution < -0.4 is 0 Å². The Bertz CT molecular complexity index is 888. The Kier molecular flexibility index (Phi) is 7.06. The lowest BCUT2D eigenvalue weighted by Gasteiger charge is -2.31. The lowest BCUT2D eigenvalue weighted by atomic mass is 10.2. The first-order valence-corrected chi connectivity index (χ1v) is 10.9. The number of rotatable bonds is 6. The zero-order chi connectivity index (χ0) is 20.0. The fourth-order valence-electron chi connectivity index (χ4n) is 2.63. The van der Waals surface area contributed by atoms with Gasteiger partial charge in [0.2, 0.25) is 0 Å². The minimum absolute atomic E-state index is 0.0608. The molecule has 2 aromatic carbocycles. The smallest absolute Gasteiger partial charge is 0.410 e. The SMILES string of the molecule is O=C(OCc1ccccc1)N1CCO[C@@H](COS(=O)(=O)c2ccc(Br)cc2)C1. The van der Waals surface area contributed by atoms with Crippen LogP contribution >= 0.6 is 15.9 Å². The van der Waals surface area contributed by atoms with E-state index in [0.717, 1.165) is 10.0 Å². The summed E-state index contributed by atoms with van der Waals surface area (Å²) in [6, 6.07) is 15.5. The van der Waals surface area contributed by atoms with E-state index in [0.29, 0.717) is 6.54 Å². The molecule has 7 nitrogen and oxygen atoms in total. The third-order valence-corrected chi connectivity index (χ3v) is 5.94. The summed E-state index contributed by atoms with van der Waals surface area (Å²) < 4.78 is 41.2. The molecule has 1 atom stereocenters. The molecule has 0 saturated carbocycles. The summed E-state index contributed by atoms with van der Waals surface area (Å²) in [5.41, 5.74) is 0.893. The highest BCUT2D eigenvalue weighted by Gasteiger charge is 2.27. The summed E-state index contributed by atoms with van der Waals surface area (Å²) in [4.78, 5) is 13.8. The molecule has 0 bridgehead atoms. The maximum atomic E-state index is 12.3. The number of amides is 1. The number of ether oxygens (including phenoxy) is 2. The highest BCUT2D eigenvalue weighted by Crippen LogP contribution is 2.18. The number of hydrogen-bond acceptors (Lipinski definition) is 6. The van der Waals surface area contributed by atoms with Crippen LogP contribution in [0, 0.1) is 0 Å². The molecule has 1 aliphatic heterocycles. The second-order valence-electron chi connectivity index (χ2n) is 6.17. The van der Waals surface area contributed by atoms with Crippen LogP contribution in [0.15, 0.2) is 64.0 Å². The molecule has 0 radical (unpaired) electrons. The number of nitrogens with zero attached hydrogens (tertiary/aromatic N) is 1. The molecule has 1 fully saturated rings. The quantitative estimate of drug-likeness (QED) is 0.604. The van der Waals surface area contributed by atoms with E-state index >= 15 is 0 Å². The molecule has 0 spiro atoms. The molecule has 1 amide bonds. The zero-order valence-electron chi connectivity index (χ0n) is 15.0. The number of morpholine rings is 1. The van der Waals surface area contributed by atoms with Gasteiger partial charge in [-0.2, -0.15) is 8.42 Å². The van der Waals surface area contributed by atoms with Crippen LogP contribution in [-0.4, -0.2) is 51.8 Å². The fraction of sp³-hybridized carbons (Fsp3) is 0.316. The summed E-state index contributed by atoms with van der Waals surface area (Å²) in [6.45, 7) is 0.858. The van der Waals surface area contributed by atoms with Crippen molar-refractivity contribution in [2.24, 2.45) is 0 Å². The van der Waals surface area contributed by atoms with Crippen LogP contribution in [0.5, 0.6) is 0 Å². The Morgan fingerprint density at radius 2 is 1.86 bits per heavy atom. The van der Waals surface area contributed by atoms with Crippen molar-refractivity contribution in [2.45, 2.75) is 17.6 Å². The Labute approximate surface area is 172 Å². The Balaban J connectivity index is 1.50. The molecule has 0 aromatic heterocycles. The maximum Gasteiger partial charge on any atom is 0.410 e. The molecule has 9 heteroatoms. The largest absolute Gasteiger partial charge is 0.445 e. The molecule has 2 aromatic rings. The molecular formula is C19H20BrNO6S. The molecule has 0 N–H and O–H groups in total. The Hall–Kier alpha value is -1.94. The van der Waals surface area contributed by atoms with E-state index in [1.165, 1.54) is 17.0 Å². The standard InChI is InChI=1S/C19H20BrNO6S/c20-16-6-8-18(9-7-16)28(23,24)27-14-17-12-21(10-11-25-17)19(22)26-13-15-4-2-1-3-5-15/h1-9,17H,10-14H2/t17-/m1/s1. The molecule has 28 heavy (non-hydrogen) atoms. The first-order chi connectivity index (χ1) is 13.4. The minimum Gasteiger partial charge on any atom is -0.445 e. The van der Waals surface area contributed by atoms with Gasteiger partial charge in [0.25, 0.3) is 10.1 Å². The van der Waals surface area contributed by atoms with Gasteiger partial charge in [-0.25, -0.2) is 4.79 Å². The Morgan fingerprint density at radius 1 is 1.14 bits per heavy atom. The molecule has 3 rings (SSSR count). The van der Waals surface area contributed by atoms with Crippen LogP contribution in [-0.2, 0) is 30.4 Å². The van der Waals surface area contributed by atoms with Crippen molar-refractivity contribution < 1.29 is 26.9 Å². The number of halogens is 1. The van der Waals surface area contributed by atoms with Crippen LogP contribution in [0.25, 0.3) is 0 Å². The van der Waals surface area contributed by atoms with Crippen molar-refractivity contribution in [3.63, 3.8) is 0 Å². The fourth-order valence-corrected chi connectivity index (χ4v) is 3.83. The van der Waals surface area contributed by atoms with Crippen LogP contribution in [0.3, 0.4) is 0 Å². The van der Waals surface area contributed by atoms with Gasteiger partial charge in [-0.3, -0.25) is 4.18 Å². The molecule has 1 heterocycles. The van der Waals surface area contributed by atoms with Gasteiger partial charge in [-0.1, -0.05) is 46.3 Å². The lowest BCUT2D eigenvalue weighted by Crippen LogP contribution is -2.47. The minimum atomic E-state index is -3.90. The number of hydrogen-bond donors (Lipinski definition) is 0. The first-order valence-electron chi connectivity index (χ1n) is 8.66. The summed E-state index contributed by atoms with van der Waals surface area (Å²) in [5, 5.41) is 0. The van der Waals surface area contributed by atoms with Gasteiger partial charge in [0.05, 0.1) is 24.7 Å². The summed E-state index contributed by atoms with van der Waals surface area (Å²) >= 11 is 3.26. The molecular weight excluding hydrogens is 450 g/mol. The maximum absolute atomic E-state index is 12.3. The zero-order valence-corrected chi connectivity index (χ0v) is 17.4. The molecule has 0 unspecified atom stereocenters. The van der Waals surface area contributed by atoms with Gasteiger partial charge < -0.3 is 14.4 Å². The second-order valence-corrected chi connectivity index (χ2v) is 8.70. The van der Waals surface area contributed by atoms with Crippen molar-refractivity contribution in [1.82, 2.24) is 4.90 Å². The summed E-state index contributed by atoms with van der Waals surface area (Å²) in [6.07, 6.45) is -1.02. The van der Waals surface area contributed by atoms with Gasteiger partial charge in [-0.05, 0) is 29.8 Å². The van der Waals surface area contributed by atoms with Gasteiger partial charge >= 0.3 is 6.09 Å². The second kappa shape index (κ2) is 9.51. The van der Waals surface area contributed by atoms with Gasteiger partial charge in [0, 0.05) is 11.0 Å². The third kappa shape index (κ3) is 5.78. The van der Waals surface area contributed by atoms with Crippen molar-refractivity contribution >= 4 is 32.1 Å². The Morgan fingerprint density at radius 3 is 2.57 bits per heavy atom. The average Bonchev–Trinajstić information content (AvgIpc) is 2.72. The van der Waals surface area contributed by atoms with Gasteiger partial charge in [0.15, 0.2) is 0 Å². The van der Waals surface area contributed by atoms with E-state index in [1.807, 2.05) is 30.3 Å². The first kappa shape index (κ1) is 20.8. The lowest BCUT2D eigenvalue weighted by molar-refractivity contribution is -0.0450. The topological polar surface area (TPSA) is 82.1 Å². The van der Waals surface area contributed by atoms with Crippen molar-refractivity contribution in [3.05, 3.63) is 64.6 Å². The summed E-state index contributed by atoms with van der Waals surface area (Å²) in [5.74, 6) is 0. The van der Waals surface area contributed by atoms with Crippen LogP contribution in [0.2, 0.25) is 0 Å². The van der Waals surface area contributed by atoms with Crippen LogP contribution in [0.1, 0.15) is 5.56 Å². The normalized spacial score (nSPS) is 17.3. The van der Waals surface area contributed by atoms with E-state index < -0.39 is 22.3 Å². The third-order valence-electron chi connectivity index (χ3n) is 4.11. The van der Waals surface area contributed by atoms with Crippen molar-refractivity contribution in [1.29, 1.82) is 0 Å². The molecule has 1 aliphatic rings. The van der Waals surface area contributed by atoms with Gasteiger partial charge in [-0.15, -0.1) is 0 Å². The predicted octanol–water partition coefficient (Wildman–Crippen LogP) is 3.19. The van der Waals surface area contributed by atoms with E-state index in [4.69, 9.17) is 13.7 Å². The number of carbonyl (C=O) groups is 1. The predicted molar refractivity (Wildman–Crippen MR) is 105 cm³/mol. The monoisotopic (exact) mass is 469 g/mol.